The van der Waals surface area contributed by atoms with Crippen LogP contribution in [0.2, 0.25) is 13.1 Å². The third-order valence-electron chi connectivity index (χ3n) is 5.72. The largest absolute Gasteiger partial charge is 0.465 e. The molecule has 179 valence electrons. The van der Waals surface area contributed by atoms with Gasteiger partial charge < -0.3 is 13.9 Å². The van der Waals surface area contributed by atoms with Crippen molar-refractivity contribution >= 4 is 15.0 Å². The molecule has 0 bridgehead atoms. The molecule has 3 aromatic carbocycles. The van der Waals surface area contributed by atoms with Gasteiger partial charge in [-0.2, -0.15) is 0 Å². The Morgan fingerprint density at radius 1 is 0.941 bits per heavy atom. The number of methoxy groups -OCH3 is 1. The highest BCUT2D eigenvalue weighted by atomic mass is 28.3. The fourth-order valence-electron chi connectivity index (χ4n) is 3.78. The van der Waals surface area contributed by atoms with Crippen molar-refractivity contribution in [2.24, 2.45) is 0 Å². The van der Waals surface area contributed by atoms with Crippen LogP contribution in [0.25, 0.3) is 11.1 Å². The smallest absolute Gasteiger partial charge is 0.338 e. The fourth-order valence-corrected chi connectivity index (χ4v) is 4.41. The number of carbonyl (C=O) groups is 1. The molecule has 34 heavy (non-hydrogen) atoms. The SMILES string of the molecule is COC(=O)c1ccc(C(OCc2ccc(C(C)(C)C)cc2)O[Si](C)C)cc1-c1ccccc1C. The molecule has 0 aliphatic carbocycles. The third-order valence-corrected chi connectivity index (χ3v) is 6.41. The molecule has 0 saturated carbocycles. The molecule has 3 aromatic rings. The van der Waals surface area contributed by atoms with E-state index < -0.39 is 15.3 Å². The zero-order valence-corrected chi connectivity index (χ0v) is 22.3. The van der Waals surface area contributed by atoms with Gasteiger partial charge in [0, 0.05) is 5.56 Å². The second-order valence-electron chi connectivity index (χ2n) is 9.73. The minimum Gasteiger partial charge on any atom is -0.465 e. The van der Waals surface area contributed by atoms with Crippen LogP contribution in [0, 0.1) is 6.92 Å². The Balaban J connectivity index is 1.93. The average Bonchev–Trinajstić information content (AvgIpc) is 2.80. The highest BCUT2D eigenvalue weighted by molar-refractivity contribution is 6.48. The molecule has 0 heterocycles. The Morgan fingerprint density at radius 3 is 2.21 bits per heavy atom. The normalized spacial score (nSPS) is 12.6. The van der Waals surface area contributed by atoms with Gasteiger partial charge in [-0.25, -0.2) is 4.79 Å². The molecule has 0 spiro atoms. The van der Waals surface area contributed by atoms with Gasteiger partial charge in [0.05, 0.1) is 19.3 Å². The maximum atomic E-state index is 12.5. The van der Waals surface area contributed by atoms with Crippen LogP contribution in [0.15, 0.2) is 66.7 Å². The van der Waals surface area contributed by atoms with Crippen molar-refractivity contribution in [2.75, 3.05) is 7.11 Å². The van der Waals surface area contributed by atoms with E-state index in [9.17, 15) is 4.79 Å². The lowest BCUT2D eigenvalue weighted by Crippen LogP contribution is -2.17. The zero-order valence-electron chi connectivity index (χ0n) is 21.3. The van der Waals surface area contributed by atoms with E-state index in [-0.39, 0.29) is 11.4 Å². The number of rotatable bonds is 8. The molecule has 5 heteroatoms. The maximum absolute atomic E-state index is 12.5. The van der Waals surface area contributed by atoms with E-state index in [2.05, 4.69) is 58.1 Å². The van der Waals surface area contributed by atoms with E-state index in [1.54, 1.807) is 6.07 Å². The van der Waals surface area contributed by atoms with Crippen LogP contribution < -0.4 is 0 Å². The summed E-state index contributed by atoms with van der Waals surface area (Å²) in [6.07, 6.45) is -0.527. The summed E-state index contributed by atoms with van der Waals surface area (Å²) in [5.41, 5.74) is 6.78. The summed E-state index contributed by atoms with van der Waals surface area (Å²) >= 11 is 0. The molecule has 4 nitrogen and oxygen atoms in total. The number of esters is 1. The molecule has 0 aliphatic heterocycles. The summed E-state index contributed by atoms with van der Waals surface area (Å²) < 4.78 is 17.6. The van der Waals surface area contributed by atoms with E-state index in [1.807, 2.05) is 43.3 Å². The van der Waals surface area contributed by atoms with Crippen LogP contribution in [-0.4, -0.2) is 22.1 Å². The molecule has 0 aliphatic rings. The topological polar surface area (TPSA) is 44.8 Å². The van der Waals surface area contributed by atoms with Crippen molar-refractivity contribution in [3.8, 4) is 11.1 Å². The van der Waals surface area contributed by atoms with Gasteiger partial charge >= 0.3 is 5.97 Å². The van der Waals surface area contributed by atoms with Crippen LogP contribution in [0.5, 0.6) is 0 Å². The summed E-state index contributed by atoms with van der Waals surface area (Å²) in [7, 11) is 0.362. The van der Waals surface area contributed by atoms with Gasteiger partial charge in [-0.15, -0.1) is 0 Å². The Bertz CT molecular complexity index is 1110. The van der Waals surface area contributed by atoms with E-state index in [0.717, 1.165) is 27.8 Å². The van der Waals surface area contributed by atoms with Crippen LogP contribution >= 0.6 is 0 Å². The number of aryl methyl sites for hydroxylation is 1. The molecular weight excluding hydrogens is 440 g/mol. The van der Waals surface area contributed by atoms with Crippen LogP contribution in [0.3, 0.4) is 0 Å². The van der Waals surface area contributed by atoms with Gasteiger partial charge in [0.2, 0.25) is 9.04 Å². The Morgan fingerprint density at radius 2 is 1.62 bits per heavy atom. The van der Waals surface area contributed by atoms with Crippen molar-refractivity contribution in [1.29, 1.82) is 0 Å². The van der Waals surface area contributed by atoms with E-state index in [4.69, 9.17) is 13.9 Å². The van der Waals surface area contributed by atoms with Crippen molar-refractivity contribution in [2.45, 2.75) is 59.1 Å². The molecule has 0 saturated heterocycles. The number of ether oxygens (including phenoxy) is 2. The number of hydrogen-bond donors (Lipinski definition) is 0. The second-order valence-corrected chi connectivity index (χ2v) is 11.8. The van der Waals surface area contributed by atoms with Crippen molar-refractivity contribution < 1.29 is 18.7 Å². The maximum Gasteiger partial charge on any atom is 0.338 e. The summed E-state index contributed by atoms with van der Waals surface area (Å²) in [4.78, 5) is 12.5. The molecule has 1 atom stereocenters. The molecule has 1 unspecified atom stereocenters. The molecular formula is C29H35O4Si. The van der Waals surface area contributed by atoms with Gasteiger partial charge in [-0.05, 0) is 65.4 Å². The van der Waals surface area contributed by atoms with Gasteiger partial charge in [0.1, 0.15) is 0 Å². The summed E-state index contributed by atoms with van der Waals surface area (Å²) in [6, 6.07) is 22.2. The van der Waals surface area contributed by atoms with Crippen molar-refractivity contribution in [1.82, 2.24) is 0 Å². The lowest BCUT2D eigenvalue weighted by molar-refractivity contribution is -0.0949. The van der Waals surface area contributed by atoms with E-state index in [0.29, 0.717) is 12.2 Å². The first-order valence-electron chi connectivity index (χ1n) is 11.6. The van der Waals surface area contributed by atoms with Gasteiger partial charge in [-0.3, -0.25) is 0 Å². The summed E-state index contributed by atoms with van der Waals surface area (Å²) in [6.45, 7) is 13.3. The quantitative estimate of drug-likeness (QED) is 0.196. The predicted molar refractivity (Wildman–Crippen MR) is 139 cm³/mol. The number of hydrogen-bond acceptors (Lipinski definition) is 4. The average molecular weight is 476 g/mol. The third kappa shape index (κ3) is 6.44. The first kappa shape index (κ1) is 25.9. The highest BCUT2D eigenvalue weighted by Crippen LogP contribution is 2.32. The number of carbonyl (C=O) groups excluding carboxylic acids is 1. The monoisotopic (exact) mass is 475 g/mol. The van der Waals surface area contributed by atoms with Gasteiger partial charge in [-0.1, -0.05) is 75.4 Å². The fraction of sp³-hybridized carbons (Fsp3) is 0.345. The molecule has 3 rings (SSSR count). The Kier molecular flexibility index (Phi) is 8.47. The molecule has 0 aromatic heterocycles. The standard InChI is InChI=1S/C29H35O4Si/c1-20-10-8-9-11-24(20)26-18-22(14-17-25(26)27(30)31-5)28(33-34(6)7)32-19-21-12-15-23(16-13-21)29(2,3)4/h8-18,28H,19H2,1-7H3. The lowest BCUT2D eigenvalue weighted by atomic mass is 9.87. The number of benzene rings is 3. The first-order chi connectivity index (χ1) is 16.1. The van der Waals surface area contributed by atoms with Crippen LogP contribution in [-0.2, 0) is 25.9 Å². The van der Waals surface area contributed by atoms with Crippen molar-refractivity contribution in [3.05, 3.63) is 94.5 Å². The van der Waals surface area contributed by atoms with Gasteiger partial charge in [0.15, 0.2) is 6.29 Å². The minimum atomic E-state index is -1.04. The van der Waals surface area contributed by atoms with Crippen LogP contribution in [0.4, 0.5) is 0 Å². The minimum absolute atomic E-state index is 0.111. The molecule has 0 fully saturated rings. The molecule has 0 N–H and O–H groups in total. The molecule has 0 amide bonds. The molecule has 1 radical (unpaired) electrons. The lowest BCUT2D eigenvalue weighted by Gasteiger charge is -2.23. The van der Waals surface area contributed by atoms with Crippen LogP contribution in [0.1, 0.15) is 59.7 Å². The Hall–Kier alpha value is -2.73. The second kappa shape index (κ2) is 11.1. The highest BCUT2D eigenvalue weighted by Gasteiger charge is 2.21. The Labute approximate surface area is 205 Å². The van der Waals surface area contributed by atoms with Gasteiger partial charge in [0.25, 0.3) is 0 Å². The van der Waals surface area contributed by atoms with E-state index >= 15 is 0 Å². The first-order valence-corrected chi connectivity index (χ1v) is 14.0. The zero-order chi connectivity index (χ0) is 24.9. The predicted octanol–water partition coefficient (Wildman–Crippen LogP) is 7.23. The van der Waals surface area contributed by atoms with Crippen molar-refractivity contribution in [3.63, 3.8) is 0 Å². The summed E-state index contributed by atoms with van der Waals surface area (Å²) in [5, 5.41) is 0. The summed E-state index contributed by atoms with van der Waals surface area (Å²) in [5.74, 6) is -0.363. The van der Waals surface area contributed by atoms with E-state index in [1.165, 1.54) is 12.7 Å².